The SMILES string of the molecule is C[C@@H](c1nc(N)nc(N(C)C)n1)N(C)Cc1ccc(C(C)(C)C)cc1. The number of nitrogen functional groups attached to an aromatic ring is 1. The van der Waals surface area contributed by atoms with E-state index >= 15 is 0 Å². The van der Waals surface area contributed by atoms with Crippen molar-refractivity contribution in [3.05, 3.63) is 41.2 Å². The molecule has 1 heterocycles. The molecule has 0 saturated carbocycles. The molecule has 6 heteroatoms. The first kappa shape index (κ1) is 19.1. The van der Waals surface area contributed by atoms with Crippen molar-refractivity contribution in [3.63, 3.8) is 0 Å². The Morgan fingerprint density at radius 3 is 2.12 bits per heavy atom. The van der Waals surface area contributed by atoms with Gasteiger partial charge in [0, 0.05) is 20.6 Å². The minimum atomic E-state index is 0.0336. The highest BCUT2D eigenvalue weighted by molar-refractivity contribution is 5.33. The van der Waals surface area contributed by atoms with Crippen molar-refractivity contribution in [1.82, 2.24) is 19.9 Å². The van der Waals surface area contributed by atoms with E-state index in [4.69, 9.17) is 5.73 Å². The Kier molecular flexibility index (Phi) is 5.62. The molecule has 2 N–H and O–H groups in total. The van der Waals surface area contributed by atoms with Gasteiger partial charge in [-0.2, -0.15) is 15.0 Å². The van der Waals surface area contributed by atoms with Crippen LogP contribution in [0.2, 0.25) is 0 Å². The van der Waals surface area contributed by atoms with Crippen molar-refractivity contribution in [2.75, 3.05) is 31.8 Å². The Bertz CT molecular complexity index is 703. The van der Waals surface area contributed by atoms with Crippen LogP contribution in [0.1, 0.15) is 50.7 Å². The van der Waals surface area contributed by atoms with E-state index in [2.05, 4.69) is 78.9 Å². The smallest absolute Gasteiger partial charge is 0.229 e. The van der Waals surface area contributed by atoms with Gasteiger partial charge in [-0.25, -0.2) is 0 Å². The standard InChI is InChI=1S/C19H30N6/c1-13(16-21-17(20)23-18(22-16)24(5)6)25(7)12-14-8-10-15(11-9-14)19(2,3)4/h8-11,13H,12H2,1-7H3,(H2,20,21,22,23)/t13-/m0/s1. The van der Waals surface area contributed by atoms with Gasteiger partial charge >= 0.3 is 0 Å². The molecule has 6 nitrogen and oxygen atoms in total. The Morgan fingerprint density at radius 2 is 1.60 bits per heavy atom. The molecule has 0 aliphatic heterocycles. The fraction of sp³-hybridized carbons (Fsp3) is 0.526. The third-order valence-electron chi connectivity index (χ3n) is 4.34. The quantitative estimate of drug-likeness (QED) is 0.900. The summed E-state index contributed by atoms with van der Waals surface area (Å²) in [6.07, 6.45) is 0. The van der Waals surface area contributed by atoms with Crippen LogP contribution in [0.25, 0.3) is 0 Å². The highest BCUT2D eigenvalue weighted by Crippen LogP contribution is 2.24. The van der Waals surface area contributed by atoms with Crippen LogP contribution in [-0.4, -0.2) is 41.0 Å². The van der Waals surface area contributed by atoms with Gasteiger partial charge in [0.25, 0.3) is 0 Å². The molecular weight excluding hydrogens is 312 g/mol. The van der Waals surface area contributed by atoms with E-state index < -0.39 is 0 Å². The Balaban J connectivity index is 2.14. The number of nitrogens with zero attached hydrogens (tertiary/aromatic N) is 5. The van der Waals surface area contributed by atoms with Gasteiger partial charge in [-0.05, 0) is 30.5 Å². The third-order valence-corrected chi connectivity index (χ3v) is 4.34. The molecule has 0 amide bonds. The molecule has 0 radical (unpaired) electrons. The zero-order chi connectivity index (χ0) is 18.8. The number of hydrogen-bond donors (Lipinski definition) is 1. The van der Waals surface area contributed by atoms with Crippen molar-refractivity contribution >= 4 is 11.9 Å². The van der Waals surface area contributed by atoms with Gasteiger partial charge in [-0.1, -0.05) is 45.0 Å². The van der Waals surface area contributed by atoms with E-state index in [0.717, 1.165) is 6.54 Å². The van der Waals surface area contributed by atoms with Crippen LogP contribution >= 0.6 is 0 Å². The maximum absolute atomic E-state index is 5.84. The molecule has 0 saturated heterocycles. The lowest BCUT2D eigenvalue weighted by Crippen LogP contribution is -2.25. The van der Waals surface area contributed by atoms with E-state index in [9.17, 15) is 0 Å². The van der Waals surface area contributed by atoms with Crippen molar-refractivity contribution in [2.24, 2.45) is 0 Å². The fourth-order valence-electron chi connectivity index (χ4n) is 2.52. The topological polar surface area (TPSA) is 71.2 Å². The predicted octanol–water partition coefficient (Wildman–Crippen LogP) is 3.01. The van der Waals surface area contributed by atoms with Gasteiger partial charge in [0.1, 0.15) is 0 Å². The van der Waals surface area contributed by atoms with Gasteiger partial charge in [0.05, 0.1) is 6.04 Å². The average Bonchev–Trinajstić information content (AvgIpc) is 2.53. The normalized spacial score (nSPS) is 13.1. The second kappa shape index (κ2) is 7.35. The van der Waals surface area contributed by atoms with Gasteiger partial charge in [-0.15, -0.1) is 0 Å². The highest BCUT2D eigenvalue weighted by atomic mass is 15.3. The summed E-state index contributed by atoms with van der Waals surface area (Å²) in [5, 5.41) is 0. The van der Waals surface area contributed by atoms with Gasteiger partial charge < -0.3 is 10.6 Å². The summed E-state index contributed by atoms with van der Waals surface area (Å²) in [4.78, 5) is 17.0. The van der Waals surface area contributed by atoms with E-state index in [1.807, 2.05) is 19.0 Å². The fourth-order valence-corrected chi connectivity index (χ4v) is 2.52. The molecule has 0 spiro atoms. The van der Waals surface area contributed by atoms with Crippen molar-refractivity contribution in [1.29, 1.82) is 0 Å². The Labute approximate surface area is 151 Å². The number of hydrogen-bond acceptors (Lipinski definition) is 6. The van der Waals surface area contributed by atoms with Crippen molar-refractivity contribution in [2.45, 2.75) is 45.7 Å². The van der Waals surface area contributed by atoms with Crippen LogP contribution < -0.4 is 10.6 Å². The van der Waals surface area contributed by atoms with Crippen LogP contribution in [0.3, 0.4) is 0 Å². The van der Waals surface area contributed by atoms with Gasteiger partial charge in [-0.3, -0.25) is 4.90 Å². The minimum Gasteiger partial charge on any atom is -0.368 e. The van der Waals surface area contributed by atoms with Crippen LogP contribution in [0.5, 0.6) is 0 Å². The molecule has 2 aromatic rings. The summed E-state index contributed by atoms with van der Waals surface area (Å²) in [7, 11) is 5.85. The van der Waals surface area contributed by atoms with Gasteiger partial charge in [0.15, 0.2) is 5.82 Å². The zero-order valence-corrected chi connectivity index (χ0v) is 16.4. The molecule has 0 unspecified atom stereocenters. The van der Waals surface area contributed by atoms with Crippen LogP contribution in [-0.2, 0) is 12.0 Å². The molecule has 0 fully saturated rings. The second-order valence-electron chi connectivity index (χ2n) is 7.78. The third kappa shape index (κ3) is 4.89. The highest BCUT2D eigenvalue weighted by Gasteiger charge is 2.18. The van der Waals surface area contributed by atoms with E-state index in [1.54, 1.807) is 0 Å². The monoisotopic (exact) mass is 342 g/mol. The summed E-state index contributed by atoms with van der Waals surface area (Å²) < 4.78 is 0. The number of rotatable bonds is 5. The first-order valence-electron chi connectivity index (χ1n) is 8.56. The Hall–Kier alpha value is -2.21. The molecule has 0 aliphatic rings. The molecule has 0 aliphatic carbocycles. The largest absolute Gasteiger partial charge is 0.368 e. The number of benzene rings is 1. The summed E-state index contributed by atoms with van der Waals surface area (Å²) in [6, 6.07) is 8.83. The first-order chi connectivity index (χ1) is 11.6. The molecule has 1 aromatic carbocycles. The number of aromatic nitrogens is 3. The lowest BCUT2D eigenvalue weighted by molar-refractivity contribution is 0.243. The van der Waals surface area contributed by atoms with Crippen LogP contribution in [0, 0.1) is 0 Å². The van der Waals surface area contributed by atoms with E-state index in [1.165, 1.54) is 11.1 Å². The maximum atomic E-state index is 5.84. The molecule has 1 aromatic heterocycles. The molecule has 0 bridgehead atoms. The van der Waals surface area contributed by atoms with Crippen LogP contribution in [0.15, 0.2) is 24.3 Å². The Morgan fingerprint density at radius 1 is 1.00 bits per heavy atom. The molecule has 2 rings (SSSR count). The van der Waals surface area contributed by atoms with Crippen molar-refractivity contribution < 1.29 is 0 Å². The lowest BCUT2D eigenvalue weighted by Gasteiger charge is -2.25. The molecule has 25 heavy (non-hydrogen) atoms. The summed E-state index contributed by atoms with van der Waals surface area (Å²) in [5.74, 6) is 1.52. The number of nitrogens with two attached hydrogens (primary N) is 1. The molecular formula is C19H30N6. The molecule has 1 atom stereocenters. The second-order valence-corrected chi connectivity index (χ2v) is 7.78. The average molecular weight is 342 g/mol. The molecule has 136 valence electrons. The summed E-state index contributed by atoms with van der Waals surface area (Å²) in [6.45, 7) is 9.57. The summed E-state index contributed by atoms with van der Waals surface area (Å²) >= 11 is 0. The van der Waals surface area contributed by atoms with E-state index in [-0.39, 0.29) is 17.4 Å². The first-order valence-corrected chi connectivity index (χ1v) is 8.56. The number of anilines is 2. The van der Waals surface area contributed by atoms with E-state index in [0.29, 0.717) is 11.8 Å². The van der Waals surface area contributed by atoms with Crippen molar-refractivity contribution in [3.8, 4) is 0 Å². The lowest BCUT2D eigenvalue weighted by atomic mass is 9.87. The minimum absolute atomic E-state index is 0.0336. The van der Waals surface area contributed by atoms with Crippen LogP contribution in [0.4, 0.5) is 11.9 Å². The van der Waals surface area contributed by atoms with Gasteiger partial charge in [0.2, 0.25) is 11.9 Å². The summed E-state index contributed by atoms with van der Waals surface area (Å²) in [5.41, 5.74) is 8.61. The predicted molar refractivity (Wildman–Crippen MR) is 104 cm³/mol. The zero-order valence-electron chi connectivity index (χ0n) is 16.4. The maximum Gasteiger partial charge on any atom is 0.229 e.